The average molecular weight is 607 g/mol. The lowest BCUT2D eigenvalue weighted by atomic mass is 9.88. The maximum absolute atomic E-state index is 13.4. The molecule has 2 aromatic carbocycles. The summed E-state index contributed by atoms with van der Waals surface area (Å²) in [5.74, 6) is 0.592. The molecule has 3 atom stereocenters. The van der Waals surface area contributed by atoms with Crippen molar-refractivity contribution in [1.29, 1.82) is 0 Å². The van der Waals surface area contributed by atoms with Crippen molar-refractivity contribution >= 4 is 34.1 Å². The highest BCUT2D eigenvalue weighted by molar-refractivity contribution is 7.17. The van der Waals surface area contributed by atoms with Crippen molar-refractivity contribution in [1.82, 2.24) is 5.32 Å². The molecule has 9 heteroatoms. The van der Waals surface area contributed by atoms with Crippen molar-refractivity contribution in [3.63, 3.8) is 0 Å². The first-order valence-corrected chi connectivity index (χ1v) is 15.6. The summed E-state index contributed by atoms with van der Waals surface area (Å²) in [7, 11) is 0. The molecule has 1 aliphatic carbocycles. The lowest BCUT2D eigenvalue weighted by Gasteiger charge is -2.19. The third-order valence-corrected chi connectivity index (χ3v) is 8.49. The van der Waals surface area contributed by atoms with Gasteiger partial charge in [0.15, 0.2) is 12.2 Å². The predicted octanol–water partition coefficient (Wildman–Crippen LogP) is 6.25. The molecule has 0 fully saturated rings. The molecule has 0 spiro atoms. The Morgan fingerprint density at radius 3 is 2.02 bits per heavy atom. The fourth-order valence-corrected chi connectivity index (χ4v) is 6.74. The van der Waals surface area contributed by atoms with Gasteiger partial charge < -0.3 is 24.8 Å². The van der Waals surface area contributed by atoms with Crippen LogP contribution < -0.4 is 20.1 Å². The summed E-state index contributed by atoms with van der Waals surface area (Å²) < 4.78 is 17.1. The van der Waals surface area contributed by atoms with E-state index in [0.717, 1.165) is 52.0 Å². The van der Waals surface area contributed by atoms with Gasteiger partial charge in [0.1, 0.15) is 23.1 Å². The molecule has 1 aliphatic rings. The number of amides is 2. The number of carbonyl (C=O) groups is 3. The molecule has 230 valence electrons. The van der Waals surface area contributed by atoms with Gasteiger partial charge >= 0.3 is 5.97 Å². The summed E-state index contributed by atoms with van der Waals surface area (Å²) in [5.41, 5.74) is 5.65. The highest BCUT2D eigenvalue weighted by Crippen LogP contribution is 2.39. The zero-order valence-corrected chi connectivity index (χ0v) is 26.9. The van der Waals surface area contributed by atoms with E-state index in [0.29, 0.717) is 28.0 Å². The highest BCUT2D eigenvalue weighted by Gasteiger charge is 2.29. The second-order valence-electron chi connectivity index (χ2n) is 11.6. The minimum Gasteiger partial charge on any atom is -0.481 e. The Balaban J connectivity index is 1.36. The van der Waals surface area contributed by atoms with Gasteiger partial charge in [0.25, 0.3) is 11.8 Å². The summed E-state index contributed by atoms with van der Waals surface area (Å²) in [6.45, 7) is 13.5. The lowest BCUT2D eigenvalue weighted by molar-refractivity contribution is -0.150. The Hall–Kier alpha value is -3.85. The fourth-order valence-electron chi connectivity index (χ4n) is 5.33. The number of benzene rings is 2. The summed E-state index contributed by atoms with van der Waals surface area (Å²) in [6.07, 6.45) is 1.04. The molecular weight excluding hydrogens is 564 g/mol. The van der Waals surface area contributed by atoms with Crippen LogP contribution in [0.3, 0.4) is 0 Å². The van der Waals surface area contributed by atoms with E-state index in [1.54, 1.807) is 13.8 Å². The quantitative estimate of drug-likeness (QED) is 0.198. The van der Waals surface area contributed by atoms with E-state index in [9.17, 15) is 14.4 Å². The van der Waals surface area contributed by atoms with Crippen LogP contribution >= 0.6 is 11.3 Å². The standard InChI is InChI=1S/C34H42N2O6S/c1-19-8-9-28-29(18-19)43-33(36-31(37)24(6)41-26-14-20(2)12-21(3)15-26)30(28)32(38)35-10-11-40-34(39)25(7)42-27-16-22(4)13-23(5)17-27/h12-17,19,24-25H,8-11,18H2,1-7H3,(H,35,38)(H,36,37). The average Bonchev–Trinajstić information content (AvgIpc) is 3.26. The van der Waals surface area contributed by atoms with Gasteiger partial charge in [-0.3, -0.25) is 9.59 Å². The van der Waals surface area contributed by atoms with E-state index in [4.69, 9.17) is 14.2 Å². The maximum Gasteiger partial charge on any atom is 0.347 e. The first-order valence-electron chi connectivity index (χ1n) is 14.8. The van der Waals surface area contributed by atoms with E-state index in [-0.39, 0.29) is 25.0 Å². The molecule has 1 heterocycles. The molecule has 3 aromatic rings. The Morgan fingerprint density at radius 1 is 0.884 bits per heavy atom. The second kappa shape index (κ2) is 14.1. The predicted molar refractivity (Wildman–Crippen MR) is 169 cm³/mol. The van der Waals surface area contributed by atoms with E-state index in [2.05, 4.69) is 17.6 Å². The number of ether oxygens (including phenoxy) is 3. The summed E-state index contributed by atoms with van der Waals surface area (Å²) in [5, 5.41) is 6.35. The smallest absolute Gasteiger partial charge is 0.347 e. The lowest BCUT2D eigenvalue weighted by Crippen LogP contribution is -2.33. The van der Waals surface area contributed by atoms with Crippen LogP contribution in [-0.4, -0.2) is 43.1 Å². The number of esters is 1. The molecule has 3 unspecified atom stereocenters. The molecule has 2 amide bonds. The van der Waals surface area contributed by atoms with Crippen molar-refractivity contribution in [2.24, 2.45) is 5.92 Å². The zero-order valence-electron chi connectivity index (χ0n) is 26.1. The highest BCUT2D eigenvalue weighted by atomic mass is 32.1. The van der Waals surface area contributed by atoms with E-state index >= 15 is 0 Å². The molecule has 4 rings (SSSR count). The molecule has 2 N–H and O–H groups in total. The number of hydrogen-bond acceptors (Lipinski definition) is 7. The number of fused-ring (bicyclic) bond motifs is 1. The van der Waals surface area contributed by atoms with Crippen molar-refractivity contribution in [2.45, 2.75) is 79.9 Å². The molecule has 0 radical (unpaired) electrons. The second-order valence-corrected chi connectivity index (χ2v) is 12.7. The number of carbonyl (C=O) groups excluding carboxylic acids is 3. The molecular formula is C34H42N2O6S. The molecule has 0 bridgehead atoms. The van der Waals surface area contributed by atoms with Gasteiger partial charge in [-0.15, -0.1) is 11.3 Å². The van der Waals surface area contributed by atoms with Crippen LogP contribution in [0.2, 0.25) is 0 Å². The summed E-state index contributed by atoms with van der Waals surface area (Å²) in [4.78, 5) is 40.2. The minimum absolute atomic E-state index is 0.00302. The van der Waals surface area contributed by atoms with Crippen molar-refractivity contribution in [3.05, 3.63) is 74.7 Å². The first kappa shape index (κ1) is 32.1. The Bertz CT molecular complexity index is 1460. The van der Waals surface area contributed by atoms with Crippen molar-refractivity contribution in [2.75, 3.05) is 18.5 Å². The first-order chi connectivity index (χ1) is 20.4. The molecule has 0 saturated heterocycles. The topological polar surface area (TPSA) is 103 Å². The molecule has 1 aromatic heterocycles. The van der Waals surface area contributed by atoms with Gasteiger partial charge in [-0.1, -0.05) is 19.1 Å². The monoisotopic (exact) mass is 606 g/mol. The number of rotatable bonds is 11. The normalized spacial score (nSPS) is 15.6. The van der Waals surface area contributed by atoms with Gasteiger partial charge in [-0.25, -0.2) is 4.79 Å². The van der Waals surface area contributed by atoms with Crippen LogP contribution in [0, 0.1) is 33.6 Å². The SMILES string of the molecule is Cc1cc(C)cc(OC(C)C(=O)Nc2sc3c(c2C(=O)NCCOC(=O)C(C)Oc2cc(C)cc(C)c2)CCC(C)C3)c1. The third-order valence-electron chi connectivity index (χ3n) is 7.32. The van der Waals surface area contributed by atoms with Gasteiger partial charge in [-0.05, 0) is 119 Å². The third kappa shape index (κ3) is 8.60. The van der Waals surface area contributed by atoms with Crippen LogP contribution in [0.4, 0.5) is 5.00 Å². The Kier molecular flexibility index (Phi) is 10.5. The van der Waals surface area contributed by atoms with Crippen molar-refractivity contribution < 1.29 is 28.6 Å². The summed E-state index contributed by atoms with van der Waals surface area (Å²) >= 11 is 1.45. The van der Waals surface area contributed by atoms with E-state index in [1.807, 2.05) is 64.1 Å². The number of aryl methyl sites for hydroxylation is 4. The Labute approximate surface area is 258 Å². The zero-order chi connectivity index (χ0) is 31.3. The Morgan fingerprint density at radius 2 is 1.44 bits per heavy atom. The summed E-state index contributed by atoms with van der Waals surface area (Å²) in [6, 6.07) is 11.6. The molecule has 43 heavy (non-hydrogen) atoms. The van der Waals surface area contributed by atoms with E-state index < -0.39 is 18.2 Å². The van der Waals surface area contributed by atoms with Crippen LogP contribution in [0.1, 0.15) is 70.2 Å². The fraction of sp³-hybridized carbons (Fsp3) is 0.441. The largest absolute Gasteiger partial charge is 0.481 e. The number of thiophene rings is 1. The van der Waals surface area contributed by atoms with Crippen LogP contribution in [0.25, 0.3) is 0 Å². The number of hydrogen-bond donors (Lipinski definition) is 2. The van der Waals surface area contributed by atoms with Gasteiger partial charge in [0.2, 0.25) is 0 Å². The van der Waals surface area contributed by atoms with Crippen LogP contribution in [-0.2, 0) is 27.2 Å². The van der Waals surface area contributed by atoms with Crippen LogP contribution in [0.5, 0.6) is 11.5 Å². The van der Waals surface area contributed by atoms with Gasteiger partial charge in [-0.2, -0.15) is 0 Å². The van der Waals surface area contributed by atoms with Crippen molar-refractivity contribution in [3.8, 4) is 11.5 Å². The maximum atomic E-state index is 13.4. The number of anilines is 1. The molecule has 8 nitrogen and oxygen atoms in total. The van der Waals surface area contributed by atoms with E-state index in [1.165, 1.54) is 11.3 Å². The van der Waals surface area contributed by atoms with Crippen LogP contribution in [0.15, 0.2) is 36.4 Å². The number of nitrogens with one attached hydrogen (secondary N) is 2. The molecule has 0 aliphatic heterocycles. The molecule has 0 saturated carbocycles. The van der Waals surface area contributed by atoms with Gasteiger partial charge in [0.05, 0.1) is 12.1 Å². The minimum atomic E-state index is -0.794. The van der Waals surface area contributed by atoms with Gasteiger partial charge in [0, 0.05) is 4.88 Å².